The molecule has 36 heavy (non-hydrogen) atoms. The Morgan fingerprint density at radius 3 is 2.56 bits per heavy atom. The number of anilines is 1. The van der Waals surface area contributed by atoms with E-state index in [1.54, 1.807) is 19.3 Å². The van der Waals surface area contributed by atoms with Gasteiger partial charge in [-0.25, -0.2) is 0 Å². The number of nitrogens with one attached hydrogen (secondary N) is 1. The second-order valence-electron chi connectivity index (χ2n) is 7.84. The first-order valence-corrected chi connectivity index (χ1v) is 11.8. The highest BCUT2D eigenvalue weighted by molar-refractivity contribution is 7.80. The van der Waals surface area contributed by atoms with E-state index in [0.29, 0.717) is 27.9 Å². The first-order valence-electron chi connectivity index (χ1n) is 11.0. The third kappa shape index (κ3) is 5.17. The molecule has 1 aliphatic heterocycles. The van der Waals surface area contributed by atoms with Crippen LogP contribution in [0, 0.1) is 10.1 Å². The Hall–Kier alpha value is -3.95. The Balaban J connectivity index is 1.58. The number of methoxy groups -OCH3 is 1. The quantitative estimate of drug-likeness (QED) is 0.176. The molecule has 8 nitrogen and oxygen atoms in total. The zero-order valence-electron chi connectivity index (χ0n) is 19.5. The molecule has 0 atom stereocenters. The number of carbonyl (C=O) groups is 1. The highest BCUT2D eigenvalue weighted by atomic mass is 35.5. The predicted molar refractivity (Wildman–Crippen MR) is 142 cm³/mol. The van der Waals surface area contributed by atoms with Crippen molar-refractivity contribution >= 4 is 52.3 Å². The minimum atomic E-state index is -0.526. The van der Waals surface area contributed by atoms with E-state index in [-0.39, 0.29) is 23.2 Å². The van der Waals surface area contributed by atoms with Gasteiger partial charge in [0.2, 0.25) is 0 Å². The number of non-ortho nitro benzene ring substituents is 1. The maximum Gasteiger partial charge on any atom is 0.281 e. The van der Waals surface area contributed by atoms with E-state index in [2.05, 4.69) is 5.32 Å². The molecular weight excluding hydrogens is 502 g/mol. The standard InChI is InChI=1S/C26H22ClN3O5S/c1-3-17-6-4-5-7-22(17)29-25(31)21(28-26(29)36)13-16-8-10-23(34-2)18(12-16)15-35-24-11-9-19(30(32)33)14-20(24)27/h4-14H,3,15H2,1-2H3,(H,28,36)/b21-13+. The van der Waals surface area contributed by atoms with Crippen LogP contribution >= 0.6 is 23.8 Å². The number of benzene rings is 3. The number of hydrogen-bond acceptors (Lipinski definition) is 6. The molecule has 1 N–H and O–H groups in total. The molecule has 0 saturated carbocycles. The summed E-state index contributed by atoms with van der Waals surface area (Å²) in [7, 11) is 1.54. The highest BCUT2D eigenvalue weighted by Crippen LogP contribution is 2.31. The third-order valence-electron chi connectivity index (χ3n) is 5.62. The summed E-state index contributed by atoms with van der Waals surface area (Å²) in [4.78, 5) is 25.1. The third-order valence-corrected chi connectivity index (χ3v) is 6.20. The van der Waals surface area contributed by atoms with Crippen molar-refractivity contribution in [2.24, 2.45) is 0 Å². The summed E-state index contributed by atoms with van der Waals surface area (Å²) >= 11 is 11.6. The molecule has 1 aliphatic rings. The Morgan fingerprint density at radius 2 is 1.86 bits per heavy atom. The van der Waals surface area contributed by atoms with Crippen LogP contribution in [-0.4, -0.2) is 23.1 Å². The lowest BCUT2D eigenvalue weighted by atomic mass is 10.1. The molecule has 10 heteroatoms. The molecule has 1 heterocycles. The first kappa shape index (κ1) is 25.2. The predicted octanol–water partition coefficient (Wildman–Crippen LogP) is 5.66. The lowest BCUT2D eigenvalue weighted by Crippen LogP contribution is -2.31. The summed E-state index contributed by atoms with van der Waals surface area (Å²) in [5.41, 5.74) is 3.43. The maximum atomic E-state index is 13.2. The number of halogens is 1. The van der Waals surface area contributed by atoms with Gasteiger partial charge in [0, 0.05) is 17.7 Å². The number of amides is 1. The van der Waals surface area contributed by atoms with Gasteiger partial charge in [0.15, 0.2) is 5.11 Å². The first-order chi connectivity index (χ1) is 17.3. The Bertz CT molecular complexity index is 1390. The van der Waals surface area contributed by atoms with Crippen LogP contribution in [-0.2, 0) is 17.8 Å². The summed E-state index contributed by atoms with van der Waals surface area (Å²) in [6, 6.07) is 17.1. The van der Waals surface area contributed by atoms with Gasteiger partial charge >= 0.3 is 0 Å². The van der Waals surface area contributed by atoms with Crippen molar-refractivity contribution in [2.75, 3.05) is 12.0 Å². The molecular formula is C26H22ClN3O5S. The molecule has 1 amide bonds. The minimum absolute atomic E-state index is 0.0908. The van der Waals surface area contributed by atoms with Crippen LogP contribution in [0.1, 0.15) is 23.6 Å². The number of nitrogens with zero attached hydrogens (tertiary/aromatic N) is 2. The second-order valence-corrected chi connectivity index (χ2v) is 8.64. The van der Waals surface area contributed by atoms with E-state index >= 15 is 0 Å². The number of carbonyl (C=O) groups excluding carboxylic acids is 1. The summed E-state index contributed by atoms with van der Waals surface area (Å²) < 4.78 is 11.2. The lowest BCUT2D eigenvalue weighted by molar-refractivity contribution is -0.384. The van der Waals surface area contributed by atoms with E-state index in [4.69, 9.17) is 33.3 Å². The fraction of sp³-hybridized carbons (Fsp3) is 0.154. The topological polar surface area (TPSA) is 93.9 Å². The summed E-state index contributed by atoms with van der Waals surface area (Å²) in [5, 5.41) is 14.4. The van der Waals surface area contributed by atoms with E-state index in [9.17, 15) is 14.9 Å². The van der Waals surface area contributed by atoms with Crippen molar-refractivity contribution in [1.29, 1.82) is 0 Å². The van der Waals surface area contributed by atoms with Gasteiger partial charge in [-0.3, -0.25) is 19.8 Å². The van der Waals surface area contributed by atoms with E-state index < -0.39 is 4.92 Å². The van der Waals surface area contributed by atoms with Crippen LogP contribution < -0.4 is 19.7 Å². The highest BCUT2D eigenvalue weighted by Gasteiger charge is 2.33. The number of para-hydroxylation sites is 1. The Morgan fingerprint density at radius 1 is 1.11 bits per heavy atom. The van der Waals surface area contributed by atoms with E-state index in [1.165, 1.54) is 23.1 Å². The monoisotopic (exact) mass is 523 g/mol. The van der Waals surface area contributed by atoms with Crippen LogP contribution in [0.5, 0.6) is 11.5 Å². The number of thiocarbonyl (C=S) groups is 1. The van der Waals surface area contributed by atoms with Gasteiger partial charge in [0.1, 0.15) is 23.8 Å². The van der Waals surface area contributed by atoms with Crippen molar-refractivity contribution < 1.29 is 19.2 Å². The van der Waals surface area contributed by atoms with Gasteiger partial charge in [-0.2, -0.15) is 0 Å². The smallest absolute Gasteiger partial charge is 0.281 e. The fourth-order valence-electron chi connectivity index (χ4n) is 3.83. The molecule has 0 aliphatic carbocycles. The average Bonchev–Trinajstić information content (AvgIpc) is 3.15. The fourth-order valence-corrected chi connectivity index (χ4v) is 4.35. The molecule has 0 unspecified atom stereocenters. The van der Waals surface area contributed by atoms with Crippen molar-refractivity contribution in [3.63, 3.8) is 0 Å². The number of nitro benzene ring substituents is 1. The number of rotatable bonds is 8. The molecule has 4 rings (SSSR count). The number of ether oxygens (including phenoxy) is 2. The van der Waals surface area contributed by atoms with Gasteiger partial charge in [-0.15, -0.1) is 0 Å². The van der Waals surface area contributed by atoms with Gasteiger partial charge in [0.05, 0.1) is 22.7 Å². The average molecular weight is 524 g/mol. The molecule has 3 aromatic rings. The number of nitro groups is 1. The second kappa shape index (κ2) is 10.8. The largest absolute Gasteiger partial charge is 0.496 e. The van der Waals surface area contributed by atoms with Gasteiger partial charge in [-0.1, -0.05) is 42.8 Å². The van der Waals surface area contributed by atoms with Gasteiger partial charge in [-0.05, 0) is 60.1 Å². The van der Waals surface area contributed by atoms with Crippen molar-refractivity contribution in [1.82, 2.24) is 5.32 Å². The SMILES string of the molecule is CCc1ccccc1N1C(=O)/C(=C\c2ccc(OC)c(COc3ccc([N+](=O)[O-])cc3Cl)c2)NC1=S. The minimum Gasteiger partial charge on any atom is -0.496 e. The Kier molecular flexibility index (Phi) is 7.52. The maximum absolute atomic E-state index is 13.2. The van der Waals surface area contributed by atoms with Crippen molar-refractivity contribution in [3.8, 4) is 11.5 Å². The molecule has 0 aromatic heterocycles. The Labute approximate surface area is 218 Å². The molecule has 0 bridgehead atoms. The van der Waals surface area contributed by atoms with Crippen LogP contribution in [0.4, 0.5) is 11.4 Å². The zero-order valence-corrected chi connectivity index (χ0v) is 21.1. The molecule has 0 radical (unpaired) electrons. The molecule has 3 aromatic carbocycles. The van der Waals surface area contributed by atoms with E-state index in [1.807, 2.05) is 43.3 Å². The molecule has 0 spiro atoms. The summed E-state index contributed by atoms with van der Waals surface area (Å²) in [5.74, 6) is 0.637. The van der Waals surface area contributed by atoms with Crippen molar-refractivity contribution in [2.45, 2.75) is 20.0 Å². The van der Waals surface area contributed by atoms with Crippen LogP contribution in [0.2, 0.25) is 5.02 Å². The normalized spacial score (nSPS) is 14.2. The number of hydrogen-bond donors (Lipinski definition) is 1. The van der Waals surface area contributed by atoms with Gasteiger partial charge in [0.25, 0.3) is 11.6 Å². The lowest BCUT2D eigenvalue weighted by Gasteiger charge is -2.17. The van der Waals surface area contributed by atoms with Crippen LogP contribution in [0.3, 0.4) is 0 Å². The molecule has 1 fully saturated rings. The van der Waals surface area contributed by atoms with Crippen LogP contribution in [0.25, 0.3) is 6.08 Å². The van der Waals surface area contributed by atoms with Crippen molar-refractivity contribution in [3.05, 3.63) is 98.2 Å². The van der Waals surface area contributed by atoms with E-state index in [0.717, 1.165) is 23.2 Å². The number of aryl methyl sites for hydroxylation is 1. The molecule has 1 saturated heterocycles. The zero-order chi connectivity index (χ0) is 25.8. The van der Waals surface area contributed by atoms with Gasteiger partial charge < -0.3 is 14.8 Å². The summed E-state index contributed by atoms with van der Waals surface area (Å²) in [6.45, 7) is 2.12. The summed E-state index contributed by atoms with van der Waals surface area (Å²) in [6.07, 6.45) is 2.48. The molecule has 184 valence electrons. The van der Waals surface area contributed by atoms with Crippen LogP contribution in [0.15, 0.2) is 66.4 Å².